The number of hydrazone groups is 1. The zero-order valence-corrected chi connectivity index (χ0v) is 21.7. The molecule has 5 rings (SSSR count). The minimum absolute atomic E-state index is 0.0890. The fourth-order valence-electron chi connectivity index (χ4n) is 4.68. The lowest BCUT2D eigenvalue weighted by molar-refractivity contribution is 0.0955. The molecule has 8 heteroatoms. The van der Waals surface area contributed by atoms with Crippen molar-refractivity contribution in [2.24, 2.45) is 5.10 Å². The molecule has 0 spiro atoms. The lowest BCUT2D eigenvalue weighted by Gasteiger charge is -2.28. The predicted octanol–water partition coefficient (Wildman–Crippen LogP) is 5.41. The monoisotopic (exact) mass is 529 g/mol. The number of ether oxygens (including phenoxy) is 2. The van der Waals surface area contributed by atoms with Crippen molar-refractivity contribution in [1.29, 1.82) is 0 Å². The van der Waals surface area contributed by atoms with E-state index in [9.17, 15) is 9.90 Å². The van der Waals surface area contributed by atoms with E-state index in [4.69, 9.17) is 21.1 Å². The molecule has 0 aliphatic carbocycles. The molecule has 0 saturated carbocycles. The number of nitrogens with one attached hydrogen (secondary N) is 1. The van der Waals surface area contributed by atoms with Crippen LogP contribution in [-0.2, 0) is 13.0 Å². The Morgan fingerprint density at radius 1 is 1.08 bits per heavy atom. The highest BCUT2D eigenvalue weighted by atomic mass is 35.5. The van der Waals surface area contributed by atoms with Gasteiger partial charge in [-0.3, -0.25) is 9.69 Å². The Morgan fingerprint density at radius 2 is 1.92 bits per heavy atom. The van der Waals surface area contributed by atoms with Crippen molar-refractivity contribution in [3.05, 3.63) is 100 Å². The number of nitrogens with zero attached hydrogens (tertiary/aromatic N) is 2. The average Bonchev–Trinajstić information content (AvgIpc) is 2.94. The van der Waals surface area contributed by atoms with Crippen LogP contribution in [0.25, 0.3) is 10.8 Å². The van der Waals surface area contributed by atoms with E-state index >= 15 is 0 Å². The number of hydrogen-bond acceptors (Lipinski definition) is 6. The smallest absolute Gasteiger partial charge is 0.271 e. The van der Waals surface area contributed by atoms with Gasteiger partial charge < -0.3 is 14.6 Å². The standard InChI is InChI=1S/C30H28ClN3O4/c1-37-28-8-4-7-24-27(38-16-15-34-14-13-20-5-2-3-6-23(20)19-34)12-10-22(29(24)28)18-32-33-30(36)21-9-11-26(35)25(31)17-21/h2-12,17-18,35H,13-16,19H2,1H3,(H,33,36). The molecule has 4 aromatic carbocycles. The lowest BCUT2D eigenvalue weighted by atomic mass is 10.0. The number of phenols is 1. The summed E-state index contributed by atoms with van der Waals surface area (Å²) in [5.74, 6) is 0.906. The number of hydrogen-bond donors (Lipinski definition) is 2. The van der Waals surface area contributed by atoms with E-state index in [1.807, 2.05) is 30.3 Å². The summed E-state index contributed by atoms with van der Waals surface area (Å²) in [5.41, 5.74) is 6.37. The number of halogens is 1. The minimum atomic E-state index is -0.445. The summed E-state index contributed by atoms with van der Waals surface area (Å²) in [6.07, 6.45) is 2.63. The molecule has 4 aromatic rings. The van der Waals surface area contributed by atoms with Crippen molar-refractivity contribution >= 4 is 34.5 Å². The van der Waals surface area contributed by atoms with Gasteiger partial charge in [0.05, 0.1) is 18.3 Å². The largest absolute Gasteiger partial charge is 0.506 e. The third kappa shape index (κ3) is 5.59. The van der Waals surface area contributed by atoms with Gasteiger partial charge in [0.2, 0.25) is 0 Å². The topological polar surface area (TPSA) is 83.4 Å². The third-order valence-corrected chi connectivity index (χ3v) is 6.97. The van der Waals surface area contributed by atoms with Crippen LogP contribution in [0.3, 0.4) is 0 Å². The number of carbonyl (C=O) groups excluding carboxylic acids is 1. The van der Waals surface area contributed by atoms with Crippen LogP contribution in [0.4, 0.5) is 0 Å². The molecule has 0 radical (unpaired) electrons. The van der Waals surface area contributed by atoms with Gasteiger partial charge in [-0.2, -0.15) is 5.10 Å². The normalized spacial score (nSPS) is 13.4. The third-order valence-electron chi connectivity index (χ3n) is 6.67. The number of benzene rings is 4. The van der Waals surface area contributed by atoms with E-state index in [1.54, 1.807) is 13.3 Å². The number of carbonyl (C=O) groups is 1. The Labute approximate surface area is 226 Å². The van der Waals surface area contributed by atoms with E-state index in [1.165, 1.54) is 29.3 Å². The van der Waals surface area contributed by atoms with Gasteiger partial charge in [0.15, 0.2) is 0 Å². The van der Waals surface area contributed by atoms with Gasteiger partial charge in [-0.05, 0) is 53.9 Å². The van der Waals surface area contributed by atoms with Crippen molar-refractivity contribution in [3.63, 3.8) is 0 Å². The second-order valence-electron chi connectivity index (χ2n) is 9.04. The highest BCUT2D eigenvalue weighted by molar-refractivity contribution is 6.32. The van der Waals surface area contributed by atoms with Gasteiger partial charge >= 0.3 is 0 Å². The molecule has 1 aliphatic heterocycles. The summed E-state index contributed by atoms with van der Waals surface area (Å²) >= 11 is 5.90. The number of fused-ring (bicyclic) bond motifs is 2. The van der Waals surface area contributed by atoms with Crippen LogP contribution in [0.2, 0.25) is 5.02 Å². The van der Waals surface area contributed by atoms with Gasteiger partial charge in [-0.25, -0.2) is 5.43 Å². The number of aromatic hydroxyl groups is 1. The summed E-state index contributed by atoms with van der Waals surface area (Å²) in [6.45, 7) is 3.35. The van der Waals surface area contributed by atoms with E-state index < -0.39 is 5.91 Å². The first-order chi connectivity index (χ1) is 18.5. The molecule has 0 saturated heterocycles. The van der Waals surface area contributed by atoms with Crippen molar-refractivity contribution in [3.8, 4) is 17.2 Å². The molecule has 1 heterocycles. The molecule has 0 unspecified atom stereocenters. The van der Waals surface area contributed by atoms with Crippen LogP contribution in [0, 0.1) is 0 Å². The van der Waals surface area contributed by atoms with Crippen LogP contribution >= 0.6 is 11.6 Å². The van der Waals surface area contributed by atoms with Crippen molar-refractivity contribution in [1.82, 2.24) is 10.3 Å². The molecule has 0 bridgehead atoms. The zero-order valence-electron chi connectivity index (χ0n) is 21.0. The fraction of sp³-hybridized carbons (Fsp3) is 0.200. The maximum Gasteiger partial charge on any atom is 0.271 e. The molecule has 7 nitrogen and oxygen atoms in total. The molecule has 194 valence electrons. The second-order valence-corrected chi connectivity index (χ2v) is 9.45. The molecule has 0 atom stereocenters. The van der Waals surface area contributed by atoms with Crippen molar-refractivity contribution in [2.75, 3.05) is 26.8 Å². The Hall–Kier alpha value is -4.07. The van der Waals surface area contributed by atoms with Gasteiger partial charge in [0, 0.05) is 41.5 Å². The van der Waals surface area contributed by atoms with Crippen molar-refractivity contribution < 1.29 is 19.4 Å². The summed E-state index contributed by atoms with van der Waals surface area (Å²) in [4.78, 5) is 14.9. The first-order valence-electron chi connectivity index (χ1n) is 12.4. The van der Waals surface area contributed by atoms with Gasteiger partial charge in [0.1, 0.15) is 23.9 Å². The number of rotatable bonds is 8. The molecule has 0 aromatic heterocycles. The van der Waals surface area contributed by atoms with E-state index in [0.717, 1.165) is 48.1 Å². The summed E-state index contributed by atoms with van der Waals surface area (Å²) < 4.78 is 11.9. The SMILES string of the molecule is COc1cccc2c(OCCN3CCc4ccccc4C3)ccc(C=NNC(=O)c3ccc(O)c(Cl)c3)c12. The van der Waals surface area contributed by atoms with Crippen LogP contribution in [0.5, 0.6) is 17.2 Å². The number of amides is 1. The quantitative estimate of drug-likeness (QED) is 0.235. The molecule has 0 fully saturated rings. The van der Waals surface area contributed by atoms with Crippen LogP contribution in [0.1, 0.15) is 27.0 Å². The molecular formula is C30H28ClN3O4. The predicted molar refractivity (Wildman–Crippen MR) is 150 cm³/mol. The highest BCUT2D eigenvalue weighted by Gasteiger charge is 2.16. The summed E-state index contributed by atoms with van der Waals surface area (Å²) in [7, 11) is 1.62. The molecular weight excluding hydrogens is 502 g/mol. The van der Waals surface area contributed by atoms with Crippen LogP contribution in [-0.4, -0.2) is 48.9 Å². The first-order valence-corrected chi connectivity index (χ1v) is 12.7. The van der Waals surface area contributed by atoms with Crippen LogP contribution < -0.4 is 14.9 Å². The van der Waals surface area contributed by atoms with Crippen LogP contribution in [0.15, 0.2) is 77.9 Å². The highest BCUT2D eigenvalue weighted by Crippen LogP contribution is 2.34. The van der Waals surface area contributed by atoms with Crippen molar-refractivity contribution in [2.45, 2.75) is 13.0 Å². The number of phenolic OH excluding ortho intramolecular Hbond substituents is 1. The minimum Gasteiger partial charge on any atom is -0.506 e. The van der Waals surface area contributed by atoms with E-state index in [2.05, 4.69) is 39.7 Å². The molecule has 38 heavy (non-hydrogen) atoms. The molecule has 1 amide bonds. The maximum absolute atomic E-state index is 12.4. The van der Waals surface area contributed by atoms with Gasteiger partial charge in [0.25, 0.3) is 5.91 Å². The van der Waals surface area contributed by atoms with E-state index in [-0.39, 0.29) is 16.3 Å². The maximum atomic E-state index is 12.4. The van der Waals surface area contributed by atoms with Gasteiger partial charge in [-0.1, -0.05) is 48.0 Å². The average molecular weight is 530 g/mol. The Kier molecular flexibility index (Phi) is 7.77. The fourth-order valence-corrected chi connectivity index (χ4v) is 4.86. The lowest BCUT2D eigenvalue weighted by Crippen LogP contribution is -2.33. The zero-order chi connectivity index (χ0) is 26.5. The summed E-state index contributed by atoms with van der Waals surface area (Å²) in [6, 6.07) is 22.4. The Morgan fingerprint density at radius 3 is 2.74 bits per heavy atom. The Bertz CT molecular complexity index is 1500. The molecule has 2 N–H and O–H groups in total. The van der Waals surface area contributed by atoms with Gasteiger partial charge in [-0.15, -0.1) is 0 Å². The second kappa shape index (κ2) is 11.5. The number of methoxy groups -OCH3 is 1. The molecule has 1 aliphatic rings. The Balaban J connectivity index is 1.29. The first kappa shape index (κ1) is 25.6. The summed E-state index contributed by atoms with van der Waals surface area (Å²) in [5, 5.41) is 15.5. The van der Waals surface area contributed by atoms with E-state index in [0.29, 0.717) is 12.4 Å².